The Morgan fingerprint density at radius 3 is 2.63 bits per heavy atom. The van der Waals surface area contributed by atoms with Crippen LogP contribution < -0.4 is 10.6 Å². The molecule has 2 aromatic rings. The minimum absolute atomic E-state index is 0.00983. The van der Waals surface area contributed by atoms with Gasteiger partial charge in [-0.2, -0.15) is 10.1 Å². The summed E-state index contributed by atoms with van der Waals surface area (Å²) in [6.45, 7) is 0. The van der Waals surface area contributed by atoms with Gasteiger partial charge in [0.15, 0.2) is 0 Å². The number of hydrogen-bond donors (Lipinski definition) is 3. The molecular formula is C11H11N5O3. The van der Waals surface area contributed by atoms with Gasteiger partial charge in [-0.15, -0.1) is 0 Å². The molecule has 0 saturated carbocycles. The second kappa shape index (κ2) is 5.17. The zero-order chi connectivity index (χ0) is 13.8. The number of carboxylic acid groups (broad SMARTS) is 1. The van der Waals surface area contributed by atoms with Crippen LogP contribution in [-0.2, 0) is 7.05 Å². The molecule has 0 bridgehead atoms. The maximum atomic E-state index is 11.7. The van der Waals surface area contributed by atoms with Crippen molar-refractivity contribution in [2.24, 2.45) is 7.05 Å². The highest BCUT2D eigenvalue weighted by molar-refractivity contribution is 6.03. The molecule has 2 rings (SSSR count). The number of carbonyl (C=O) groups is 2. The van der Waals surface area contributed by atoms with E-state index in [9.17, 15) is 9.59 Å². The highest BCUT2D eigenvalue weighted by Crippen LogP contribution is 2.15. The van der Waals surface area contributed by atoms with Crippen molar-refractivity contribution in [1.82, 2.24) is 14.8 Å². The molecule has 98 valence electrons. The zero-order valence-electron chi connectivity index (χ0n) is 9.99. The van der Waals surface area contributed by atoms with Crippen LogP contribution in [0.2, 0.25) is 0 Å². The molecule has 1 aromatic carbocycles. The Balaban J connectivity index is 2.11. The van der Waals surface area contributed by atoms with Crippen molar-refractivity contribution in [3.8, 4) is 0 Å². The molecular weight excluding hydrogens is 250 g/mol. The Morgan fingerprint density at radius 1 is 1.26 bits per heavy atom. The average Bonchev–Trinajstić information content (AvgIpc) is 2.75. The number of hydrogen-bond acceptors (Lipinski definition) is 4. The van der Waals surface area contributed by atoms with Crippen LogP contribution in [0.1, 0.15) is 10.4 Å². The molecule has 0 aliphatic carbocycles. The van der Waals surface area contributed by atoms with Gasteiger partial charge >= 0.3 is 12.0 Å². The Bertz CT molecular complexity index is 622. The standard InChI is InChI=1S/C11H11N5O3/c1-16-10(12-6-13-16)15-11(19)14-8-5-3-2-4-7(8)9(17)18/h2-6H,1H3,(H,17,18)(H2,12,13,14,15,19). The van der Waals surface area contributed by atoms with E-state index < -0.39 is 12.0 Å². The van der Waals surface area contributed by atoms with Crippen LogP contribution in [0, 0.1) is 0 Å². The predicted octanol–water partition coefficient (Wildman–Crippen LogP) is 1.16. The first kappa shape index (κ1) is 12.6. The van der Waals surface area contributed by atoms with Crippen LogP contribution in [0.25, 0.3) is 0 Å². The number of carbonyl (C=O) groups excluding carboxylic acids is 1. The van der Waals surface area contributed by atoms with Crippen molar-refractivity contribution in [2.75, 3.05) is 10.6 Å². The fraction of sp³-hybridized carbons (Fsp3) is 0.0909. The molecule has 8 heteroatoms. The summed E-state index contributed by atoms with van der Waals surface area (Å²) in [6.07, 6.45) is 1.29. The number of nitrogens with one attached hydrogen (secondary N) is 2. The number of benzene rings is 1. The third kappa shape index (κ3) is 2.86. The van der Waals surface area contributed by atoms with Crippen LogP contribution >= 0.6 is 0 Å². The van der Waals surface area contributed by atoms with Crippen molar-refractivity contribution >= 4 is 23.6 Å². The molecule has 0 unspecified atom stereocenters. The summed E-state index contributed by atoms with van der Waals surface area (Å²) in [5.41, 5.74) is 0.213. The molecule has 19 heavy (non-hydrogen) atoms. The highest BCUT2D eigenvalue weighted by atomic mass is 16.4. The molecule has 1 aromatic heterocycles. The van der Waals surface area contributed by atoms with E-state index in [0.29, 0.717) is 0 Å². The molecule has 3 N–H and O–H groups in total. The van der Waals surface area contributed by atoms with Crippen molar-refractivity contribution in [2.45, 2.75) is 0 Å². The van der Waals surface area contributed by atoms with Crippen molar-refractivity contribution in [1.29, 1.82) is 0 Å². The minimum atomic E-state index is -1.12. The summed E-state index contributed by atoms with van der Waals surface area (Å²) in [4.78, 5) is 26.5. The number of rotatable bonds is 3. The first-order valence-corrected chi connectivity index (χ1v) is 5.32. The predicted molar refractivity (Wildman–Crippen MR) is 67.0 cm³/mol. The number of nitrogens with zero attached hydrogens (tertiary/aromatic N) is 3. The summed E-state index contributed by atoms with van der Waals surface area (Å²) >= 11 is 0. The monoisotopic (exact) mass is 261 g/mol. The smallest absolute Gasteiger partial charge is 0.337 e. The maximum absolute atomic E-state index is 11.7. The summed E-state index contributed by atoms with van der Waals surface area (Å²) in [7, 11) is 1.62. The molecule has 0 aliphatic heterocycles. The third-order valence-corrected chi connectivity index (χ3v) is 2.34. The highest BCUT2D eigenvalue weighted by Gasteiger charge is 2.12. The number of aryl methyl sites for hydroxylation is 1. The molecule has 0 radical (unpaired) electrons. The van der Waals surface area contributed by atoms with E-state index in [0.717, 1.165) is 0 Å². The van der Waals surface area contributed by atoms with Gasteiger partial charge in [0.1, 0.15) is 6.33 Å². The number of carboxylic acids is 1. The second-order valence-corrected chi connectivity index (χ2v) is 3.64. The fourth-order valence-corrected chi connectivity index (χ4v) is 1.44. The van der Waals surface area contributed by atoms with Gasteiger partial charge in [0.25, 0.3) is 0 Å². The minimum Gasteiger partial charge on any atom is -0.478 e. The maximum Gasteiger partial charge on any atom is 0.337 e. The van der Waals surface area contributed by atoms with Crippen LogP contribution in [0.3, 0.4) is 0 Å². The van der Waals surface area contributed by atoms with Crippen molar-refractivity contribution in [3.63, 3.8) is 0 Å². The van der Waals surface area contributed by atoms with Gasteiger partial charge in [-0.25, -0.2) is 14.3 Å². The van der Waals surface area contributed by atoms with Gasteiger partial charge in [-0.1, -0.05) is 12.1 Å². The number of para-hydroxylation sites is 1. The van der Waals surface area contributed by atoms with Gasteiger partial charge in [0.05, 0.1) is 11.3 Å². The van der Waals surface area contributed by atoms with E-state index in [1.54, 1.807) is 19.2 Å². The van der Waals surface area contributed by atoms with Crippen molar-refractivity contribution in [3.05, 3.63) is 36.2 Å². The molecule has 2 amide bonds. The Kier molecular flexibility index (Phi) is 3.42. The van der Waals surface area contributed by atoms with Gasteiger partial charge in [0, 0.05) is 7.05 Å². The topological polar surface area (TPSA) is 109 Å². The number of urea groups is 1. The third-order valence-electron chi connectivity index (χ3n) is 2.34. The molecule has 0 saturated heterocycles. The molecule has 0 aliphatic rings. The molecule has 0 fully saturated rings. The number of aromatic nitrogens is 3. The number of anilines is 2. The Hall–Kier alpha value is -2.90. The lowest BCUT2D eigenvalue weighted by Gasteiger charge is -2.08. The number of aromatic carboxylic acids is 1. The van der Waals surface area contributed by atoms with E-state index in [4.69, 9.17) is 5.11 Å². The molecule has 1 heterocycles. The van der Waals surface area contributed by atoms with Gasteiger partial charge in [-0.05, 0) is 12.1 Å². The van der Waals surface area contributed by atoms with Crippen LogP contribution in [-0.4, -0.2) is 31.9 Å². The number of amides is 2. The lowest BCUT2D eigenvalue weighted by Crippen LogP contribution is -2.22. The lowest BCUT2D eigenvalue weighted by atomic mass is 10.2. The van der Waals surface area contributed by atoms with Crippen LogP contribution in [0.5, 0.6) is 0 Å². The van der Waals surface area contributed by atoms with E-state index >= 15 is 0 Å². The van der Waals surface area contributed by atoms with Crippen LogP contribution in [0.4, 0.5) is 16.4 Å². The normalized spacial score (nSPS) is 9.95. The molecule has 0 spiro atoms. The van der Waals surface area contributed by atoms with Gasteiger partial charge < -0.3 is 10.4 Å². The Morgan fingerprint density at radius 2 is 2.00 bits per heavy atom. The van der Waals surface area contributed by atoms with Gasteiger partial charge in [-0.3, -0.25) is 5.32 Å². The Labute approximate surface area is 108 Å². The summed E-state index contributed by atoms with van der Waals surface area (Å²) in [5.74, 6) is -0.861. The van der Waals surface area contributed by atoms with Gasteiger partial charge in [0.2, 0.25) is 5.95 Å². The van der Waals surface area contributed by atoms with E-state index in [1.807, 2.05) is 0 Å². The summed E-state index contributed by atoms with van der Waals surface area (Å²) in [5, 5.41) is 17.7. The summed E-state index contributed by atoms with van der Waals surface area (Å²) < 4.78 is 1.38. The zero-order valence-corrected chi connectivity index (χ0v) is 9.99. The second-order valence-electron chi connectivity index (χ2n) is 3.64. The first-order valence-electron chi connectivity index (χ1n) is 5.32. The first-order chi connectivity index (χ1) is 9.08. The largest absolute Gasteiger partial charge is 0.478 e. The quantitative estimate of drug-likeness (QED) is 0.768. The van der Waals surface area contributed by atoms with E-state index in [2.05, 4.69) is 20.7 Å². The lowest BCUT2D eigenvalue weighted by molar-refractivity contribution is 0.0698. The van der Waals surface area contributed by atoms with Crippen LogP contribution in [0.15, 0.2) is 30.6 Å². The molecule has 0 atom stereocenters. The van der Waals surface area contributed by atoms with E-state index in [-0.39, 0.29) is 17.2 Å². The van der Waals surface area contributed by atoms with E-state index in [1.165, 1.54) is 23.1 Å². The fourth-order valence-electron chi connectivity index (χ4n) is 1.44. The summed E-state index contributed by atoms with van der Waals surface area (Å²) in [6, 6.07) is 5.52. The average molecular weight is 261 g/mol. The van der Waals surface area contributed by atoms with Crippen molar-refractivity contribution < 1.29 is 14.7 Å². The molecule has 8 nitrogen and oxygen atoms in total. The SMILES string of the molecule is Cn1ncnc1NC(=O)Nc1ccccc1C(=O)O.